The van der Waals surface area contributed by atoms with E-state index in [9.17, 15) is 22.8 Å². The number of ketones is 2. The summed E-state index contributed by atoms with van der Waals surface area (Å²) in [5.74, 6) is -0.979. The van der Waals surface area contributed by atoms with E-state index in [1.807, 2.05) is 0 Å². The number of nitrogens with one attached hydrogen (secondary N) is 1. The van der Waals surface area contributed by atoms with E-state index in [0.29, 0.717) is 22.4 Å². The molecule has 7 nitrogen and oxygen atoms in total. The van der Waals surface area contributed by atoms with E-state index in [4.69, 9.17) is 0 Å². The van der Waals surface area contributed by atoms with Gasteiger partial charge < -0.3 is 5.32 Å². The van der Waals surface area contributed by atoms with Gasteiger partial charge in [0.25, 0.3) is 5.91 Å². The number of rotatable bonds is 5. The van der Waals surface area contributed by atoms with Gasteiger partial charge in [0, 0.05) is 46.6 Å². The average molecular weight is 463 g/mol. The molecule has 1 N–H and O–H groups in total. The molecule has 33 heavy (non-hydrogen) atoms. The van der Waals surface area contributed by atoms with Gasteiger partial charge in [-0.3, -0.25) is 14.4 Å². The molecule has 3 aromatic rings. The number of amides is 1. The van der Waals surface area contributed by atoms with Gasteiger partial charge in [0.2, 0.25) is 10.0 Å². The second kappa shape index (κ2) is 8.38. The second-order valence-corrected chi connectivity index (χ2v) is 10.1. The smallest absolute Gasteiger partial charge is 0.255 e. The molecular weight excluding hydrogens is 440 g/mol. The molecule has 0 saturated heterocycles. The summed E-state index contributed by atoms with van der Waals surface area (Å²) in [5, 5.41) is 2.70. The maximum absolute atomic E-state index is 12.9. The highest BCUT2D eigenvalue weighted by atomic mass is 32.2. The molecule has 8 heteroatoms. The van der Waals surface area contributed by atoms with Crippen molar-refractivity contribution in [1.29, 1.82) is 0 Å². The number of hydrogen-bond acceptors (Lipinski definition) is 5. The quantitative estimate of drug-likeness (QED) is 0.487. The van der Waals surface area contributed by atoms with Crippen LogP contribution in [-0.2, 0) is 10.0 Å². The van der Waals surface area contributed by atoms with Gasteiger partial charge in [0.15, 0.2) is 11.6 Å². The summed E-state index contributed by atoms with van der Waals surface area (Å²) < 4.78 is 26.4. The topological polar surface area (TPSA) is 101 Å². The molecule has 0 aromatic heterocycles. The Kier molecular flexibility index (Phi) is 5.73. The maximum Gasteiger partial charge on any atom is 0.255 e. The maximum atomic E-state index is 12.9. The van der Waals surface area contributed by atoms with E-state index in [1.165, 1.54) is 47.8 Å². The predicted molar refractivity (Wildman–Crippen MR) is 124 cm³/mol. The summed E-state index contributed by atoms with van der Waals surface area (Å²) in [5.41, 5.74) is 1.84. The fourth-order valence-electron chi connectivity index (χ4n) is 3.60. The summed E-state index contributed by atoms with van der Waals surface area (Å²) in [6.45, 7) is 3.55. The molecule has 1 amide bonds. The minimum absolute atomic E-state index is 0.0896. The molecule has 0 saturated carbocycles. The van der Waals surface area contributed by atoms with Crippen LogP contribution in [-0.4, -0.2) is 43.3 Å². The van der Waals surface area contributed by atoms with Crippen LogP contribution < -0.4 is 5.32 Å². The number of nitrogens with zero attached hydrogens (tertiary/aromatic N) is 1. The first-order chi connectivity index (χ1) is 15.6. The fourth-order valence-corrected chi connectivity index (χ4v) is 4.97. The van der Waals surface area contributed by atoms with Crippen molar-refractivity contribution in [3.05, 3.63) is 94.5 Å². The molecule has 3 aromatic carbocycles. The Morgan fingerprint density at radius 1 is 0.818 bits per heavy atom. The van der Waals surface area contributed by atoms with Crippen LogP contribution in [0.25, 0.3) is 0 Å². The molecule has 1 aliphatic rings. The van der Waals surface area contributed by atoms with Crippen LogP contribution in [0.2, 0.25) is 0 Å². The van der Waals surface area contributed by atoms with Gasteiger partial charge in [-0.05, 0) is 56.3 Å². The molecule has 0 heterocycles. The number of carbonyl (C=O) groups is 3. The molecule has 0 atom stereocenters. The second-order valence-electron chi connectivity index (χ2n) is 8.06. The van der Waals surface area contributed by atoms with Crippen molar-refractivity contribution < 1.29 is 22.8 Å². The molecule has 168 valence electrons. The summed E-state index contributed by atoms with van der Waals surface area (Å²) in [4.78, 5) is 38.4. The highest BCUT2D eigenvalue weighted by molar-refractivity contribution is 7.89. The van der Waals surface area contributed by atoms with Gasteiger partial charge in [-0.2, -0.15) is 4.31 Å². The van der Waals surface area contributed by atoms with Gasteiger partial charge in [-0.25, -0.2) is 8.42 Å². The largest absolute Gasteiger partial charge is 0.322 e. The van der Waals surface area contributed by atoms with Crippen LogP contribution in [0.1, 0.15) is 56.0 Å². The van der Waals surface area contributed by atoms with E-state index >= 15 is 0 Å². The van der Waals surface area contributed by atoms with Crippen LogP contribution in [0, 0.1) is 0 Å². The van der Waals surface area contributed by atoms with E-state index in [1.54, 1.807) is 44.2 Å². The first kappa shape index (κ1) is 22.6. The lowest BCUT2D eigenvalue weighted by atomic mass is 9.84. The van der Waals surface area contributed by atoms with Crippen molar-refractivity contribution in [3.63, 3.8) is 0 Å². The van der Waals surface area contributed by atoms with E-state index < -0.39 is 15.9 Å². The third-order valence-corrected chi connectivity index (χ3v) is 7.75. The number of carbonyl (C=O) groups excluding carboxylic acids is 3. The molecule has 0 unspecified atom stereocenters. The summed E-state index contributed by atoms with van der Waals surface area (Å²) in [6, 6.07) is 16.6. The molecule has 0 aliphatic heterocycles. The Balaban J connectivity index is 1.57. The number of sulfonamides is 1. The van der Waals surface area contributed by atoms with E-state index in [2.05, 4.69) is 5.32 Å². The fraction of sp³-hybridized carbons (Fsp3) is 0.160. The zero-order valence-electron chi connectivity index (χ0n) is 18.3. The Hall–Kier alpha value is -3.62. The van der Waals surface area contributed by atoms with Crippen LogP contribution in [0.4, 0.5) is 5.69 Å². The number of hydrogen-bond donors (Lipinski definition) is 1. The Bertz CT molecular complexity index is 1390. The Labute approximate surface area is 192 Å². The summed E-state index contributed by atoms with van der Waals surface area (Å²) >= 11 is 0. The highest BCUT2D eigenvalue weighted by Gasteiger charge is 2.29. The monoisotopic (exact) mass is 462 g/mol. The minimum atomic E-state index is -3.65. The molecule has 0 spiro atoms. The van der Waals surface area contributed by atoms with Crippen molar-refractivity contribution >= 4 is 33.2 Å². The van der Waals surface area contributed by atoms with Crippen molar-refractivity contribution in [2.75, 3.05) is 12.4 Å². The SMILES string of the molecule is CC(C)N(C)S(=O)(=O)c1ccc(C(=O)Nc2ccc3c(c2)C(=O)c2ccccc2C3=O)cc1. The normalized spacial score (nSPS) is 13.1. The van der Waals surface area contributed by atoms with Crippen LogP contribution >= 0.6 is 0 Å². The molecule has 0 bridgehead atoms. The van der Waals surface area contributed by atoms with Gasteiger partial charge in [0.1, 0.15) is 0 Å². The molecule has 0 radical (unpaired) electrons. The van der Waals surface area contributed by atoms with Crippen LogP contribution in [0.3, 0.4) is 0 Å². The number of anilines is 1. The Morgan fingerprint density at radius 3 is 1.94 bits per heavy atom. The van der Waals surface area contributed by atoms with Gasteiger partial charge in [0.05, 0.1) is 4.90 Å². The van der Waals surface area contributed by atoms with Gasteiger partial charge >= 0.3 is 0 Å². The third kappa shape index (κ3) is 3.99. The summed E-state index contributed by atoms with van der Waals surface area (Å²) in [6.07, 6.45) is 0. The first-order valence-corrected chi connectivity index (χ1v) is 11.8. The van der Waals surface area contributed by atoms with Gasteiger partial charge in [-0.15, -0.1) is 0 Å². The number of benzene rings is 3. The number of fused-ring (bicyclic) bond motifs is 2. The highest BCUT2D eigenvalue weighted by Crippen LogP contribution is 2.29. The average Bonchev–Trinajstić information content (AvgIpc) is 2.82. The lowest BCUT2D eigenvalue weighted by Crippen LogP contribution is -2.33. The van der Waals surface area contributed by atoms with Crippen molar-refractivity contribution in [1.82, 2.24) is 4.31 Å². The van der Waals surface area contributed by atoms with Crippen molar-refractivity contribution in [2.24, 2.45) is 0 Å². The molecule has 1 aliphatic carbocycles. The van der Waals surface area contributed by atoms with Crippen LogP contribution in [0.5, 0.6) is 0 Å². The lowest BCUT2D eigenvalue weighted by molar-refractivity contribution is 0.0979. The standard InChI is InChI=1S/C25H22N2O5S/c1-15(2)27(3)33(31,32)18-11-8-16(9-12-18)25(30)26-17-10-13-21-22(14-17)24(29)20-7-5-4-6-19(20)23(21)28/h4-15H,1-3H3,(H,26,30). The van der Waals surface area contributed by atoms with E-state index in [-0.39, 0.29) is 33.6 Å². The first-order valence-electron chi connectivity index (χ1n) is 10.3. The van der Waals surface area contributed by atoms with Crippen molar-refractivity contribution in [2.45, 2.75) is 24.8 Å². The van der Waals surface area contributed by atoms with Gasteiger partial charge in [-0.1, -0.05) is 24.3 Å². The van der Waals surface area contributed by atoms with Crippen molar-refractivity contribution in [3.8, 4) is 0 Å². The Morgan fingerprint density at radius 2 is 1.36 bits per heavy atom. The van der Waals surface area contributed by atoms with Crippen LogP contribution in [0.15, 0.2) is 71.6 Å². The third-order valence-electron chi connectivity index (χ3n) is 5.70. The molecule has 0 fully saturated rings. The molecule has 4 rings (SSSR count). The minimum Gasteiger partial charge on any atom is -0.322 e. The summed E-state index contributed by atoms with van der Waals surface area (Å²) in [7, 11) is -2.15. The van der Waals surface area contributed by atoms with E-state index in [0.717, 1.165) is 0 Å². The lowest BCUT2D eigenvalue weighted by Gasteiger charge is -2.21. The predicted octanol–water partition coefficient (Wildman–Crippen LogP) is 3.74. The molecular formula is C25H22N2O5S. The zero-order chi connectivity index (χ0) is 23.9. The zero-order valence-corrected chi connectivity index (χ0v) is 19.1.